The van der Waals surface area contributed by atoms with Gasteiger partial charge in [0.1, 0.15) is 0 Å². The molecule has 0 saturated carbocycles. The molecule has 1 N–H and O–H groups in total. The molecule has 0 atom stereocenters. The first-order valence-corrected chi connectivity index (χ1v) is 5.44. The Bertz CT molecular complexity index is 480. The molecule has 0 fully saturated rings. The summed E-state index contributed by atoms with van der Waals surface area (Å²) in [5, 5.41) is 8.90. The lowest BCUT2D eigenvalue weighted by Crippen LogP contribution is -1.96. The third-order valence-electron chi connectivity index (χ3n) is 2.60. The van der Waals surface area contributed by atoms with Crippen molar-refractivity contribution < 1.29 is 5.11 Å². The lowest BCUT2D eigenvalue weighted by molar-refractivity contribution is 0.298. The molecule has 0 bridgehead atoms. The van der Waals surface area contributed by atoms with Crippen LogP contribution in [0.4, 0.5) is 0 Å². The Balaban J connectivity index is 2.40. The van der Waals surface area contributed by atoms with Crippen molar-refractivity contribution in [2.75, 3.05) is 6.61 Å². The minimum Gasteiger partial charge on any atom is -0.396 e. The van der Waals surface area contributed by atoms with Crippen LogP contribution in [0.2, 0.25) is 0 Å². The van der Waals surface area contributed by atoms with Crippen LogP contribution in [-0.4, -0.2) is 16.7 Å². The number of aryl methyl sites for hydroxylation is 1. The number of aromatic nitrogens is 1. The van der Waals surface area contributed by atoms with Gasteiger partial charge in [0.25, 0.3) is 0 Å². The van der Waals surface area contributed by atoms with Crippen molar-refractivity contribution in [3.8, 4) is 11.3 Å². The van der Waals surface area contributed by atoms with Crippen LogP contribution < -0.4 is 0 Å². The molecule has 2 rings (SSSR count). The first-order valence-electron chi connectivity index (χ1n) is 5.44. The van der Waals surface area contributed by atoms with Gasteiger partial charge < -0.3 is 5.11 Å². The van der Waals surface area contributed by atoms with Crippen molar-refractivity contribution in [1.29, 1.82) is 0 Å². The molecule has 0 aliphatic carbocycles. The van der Waals surface area contributed by atoms with Gasteiger partial charge >= 0.3 is 0 Å². The molecule has 1 aromatic carbocycles. The highest BCUT2D eigenvalue weighted by Crippen LogP contribution is 2.21. The summed E-state index contributed by atoms with van der Waals surface area (Å²) in [4.78, 5) is 4.53. The zero-order valence-corrected chi connectivity index (χ0v) is 9.35. The fraction of sp³-hybridized carbons (Fsp3) is 0.214. The molecule has 1 heterocycles. The molecule has 0 amide bonds. The third kappa shape index (κ3) is 2.28. The maximum absolute atomic E-state index is 8.90. The zero-order chi connectivity index (χ0) is 11.4. The summed E-state index contributed by atoms with van der Waals surface area (Å²) in [5.74, 6) is 0. The number of pyridine rings is 1. The molecular formula is C14H15NO. The predicted molar refractivity (Wildman–Crippen MR) is 65.2 cm³/mol. The van der Waals surface area contributed by atoms with E-state index in [2.05, 4.69) is 24.0 Å². The summed E-state index contributed by atoms with van der Waals surface area (Å²) in [6.45, 7) is 2.22. The second-order valence-electron chi connectivity index (χ2n) is 3.80. The predicted octanol–water partition coefficient (Wildman–Crippen LogP) is 2.59. The van der Waals surface area contributed by atoms with Crippen LogP contribution in [0.1, 0.15) is 11.3 Å². The van der Waals surface area contributed by atoms with E-state index in [1.54, 1.807) is 0 Å². The average Bonchev–Trinajstić information content (AvgIpc) is 2.30. The van der Waals surface area contributed by atoms with Crippen molar-refractivity contribution in [3.05, 3.63) is 53.7 Å². The van der Waals surface area contributed by atoms with Crippen LogP contribution in [0.3, 0.4) is 0 Å². The summed E-state index contributed by atoms with van der Waals surface area (Å²) in [6.07, 6.45) is 0.611. The van der Waals surface area contributed by atoms with Gasteiger partial charge in [0.05, 0.1) is 5.69 Å². The summed E-state index contributed by atoms with van der Waals surface area (Å²) < 4.78 is 0. The maximum atomic E-state index is 8.90. The smallest absolute Gasteiger partial charge is 0.0707 e. The van der Waals surface area contributed by atoms with Crippen LogP contribution in [0, 0.1) is 6.92 Å². The first-order chi connectivity index (χ1) is 7.81. The molecule has 0 radical (unpaired) electrons. The highest BCUT2D eigenvalue weighted by molar-refractivity contribution is 5.63. The van der Waals surface area contributed by atoms with E-state index in [4.69, 9.17) is 5.11 Å². The Labute approximate surface area is 95.6 Å². The van der Waals surface area contributed by atoms with Crippen LogP contribution in [0.5, 0.6) is 0 Å². The monoisotopic (exact) mass is 213 g/mol. The standard InChI is InChI=1S/C14H15NO/c1-11-5-2-3-7-13(11)14-8-4-6-12(15-14)9-10-16/h2-8,16H,9-10H2,1H3. The second kappa shape index (κ2) is 4.90. The molecule has 2 heteroatoms. The third-order valence-corrected chi connectivity index (χ3v) is 2.60. The lowest BCUT2D eigenvalue weighted by atomic mass is 10.1. The molecule has 0 aliphatic heterocycles. The Morgan fingerprint density at radius 2 is 1.88 bits per heavy atom. The van der Waals surface area contributed by atoms with Crippen LogP contribution in [0.15, 0.2) is 42.5 Å². The van der Waals surface area contributed by atoms with Crippen molar-refractivity contribution in [3.63, 3.8) is 0 Å². The van der Waals surface area contributed by atoms with E-state index in [9.17, 15) is 0 Å². The fourth-order valence-electron chi connectivity index (χ4n) is 1.74. The Kier molecular flexibility index (Phi) is 3.32. The highest BCUT2D eigenvalue weighted by Gasteiger charge is 2.03. The fourth-order valence-corrected chi connectivity index (χ4v) is 1.74. The Morgan fingerprint density at radius 3 is 2.62 bits per heavy atom. The highest BCUT2D eigenvalue weighted by atomic mass is 16.3. The average molecular weight is 213 g/mol. The molecular weight excluding hydrogens is 198 g/mol. The zero-order valence-electron chi connectivity index (χ0n) is 9.35. The van der Waals surface area contributed by atoms with Crippen molar-refractivity contribution in [2.45, 2.75) is 13.3 Å². The summed E-state index contributed by atoms with van der Waals surface area (Å²) in [7, 11) is 0. The second-order valence-corrected chi connectivity index (χ2v) is 3.80. The van der Waals surface area contributed by atoms with Crippen LogP contribution >= 0.6 is 0 Å². The van der Waals surface area contributed by atoms with Gasteiger partial charge in [0, 0.05) is 24.3 Å². The number of rotatable bonds is 3. The molecule has 0 unspecified atom stereocenters. The number of aliphatic hydroxyl groups excluding tert-OH is 1. The minimum absolute atomic E-state index is 0.143. The quantitative estimate of drug-likeness (QED) is 0.850. The van der Waals surface area contributed by atoms with Crippen molar-refractivity contribution in [2.24, 2.45) is 0 Å². The largest absolute Gasteiger partial charge is 0.396 e. The number of nitrogens with zero attached hydrogens (tertiary/aromatic N) is 1. The van der Waals surface area contributed by atoms with E-state index >= 15 is 0 Å². The SMILES string of the molecule is Cc1ccccc1-c1cccc(CCO)n1. The van der Waals surface area contributed by atoms with Crippen molar-refractivity contribution >= 4 is 0 Å². The van der Waals surface area contributed by atoms with Gasteiger partial charge in [-0.3, -0.25) is 4.98 Å². The van der Waals surface area contributed by atoms with Crippen molar-refractivity contribution in [1.82, 2.24) is 4.98 Å². The van der Waals surface area contributed by atoms with E-state index in [0.717, 1.165) is 17.0 Å². The summed E-state index contributed by atoms with van der Waals surface area (Å²) in [5.41, 5.74) is 4.28. The lowest BCUT2D eigenvalue weighted by Gasteiger charge is -2.06. The number of hydrogen-bond donors (Lipinski definition) is 1. The topological polar surface area (TPSA) is 33.1 Å². The minimum atomic E-state index is 0.143. The van der Waals surface area contributed by atoms with Gasteiger partial charge in [-0.2, -0.15) is 0 Å². The number of benzene rings is 1. The summed E-state index contributed by atoms with van der Waals surface area (Å²) in [6, 6.07) is 14.1. The molecule has 1 aromatic heterocycles. The molecule has 16 heavy (non-hydrogen) atoms. The molecule has 2 nitrogen and oxygen atoms in total. The number of hydrogen-bond acceptors (Lipinski definition) is 2. The maximum Gasteiger partial charge on any atom is 0.0707 e. The van der Waals surface area contributed by atoms with E-state index in [1.807, 2.05) is 30.3 Å². The molecule has 82 valence electrons. The van der Waals surface area contributed by atoms with Crippen LogP contribution in [0.25, 0.3) is 11.3 Å². The molecule has 0 spiro atoms. The van der Waals surface area contributed by atoms with E-state index in [1.165, 1.54) is 5.56 Å². The van der Waals surface area contributed by atoms with Crippen LogP contribution in [-0.2, 0) is 6.42 Å². The molecule has 0 saturated heterocycles. The van der Waals surface area contributed by atoms with E-state index < -0.39 is 0 Å². The van der Waals surface area contributed by atoms with Gasteiger partial charge in [0.2, 0.25) is 0 Å². The van der Waals surface area contributed by atoms with Gasteiger partial charge in [-0.05, 0) is 24.6 Å². The molecule has 2 aromatic rings. The Hall–Kier alpha value is -1.67. The Morgan fingerprint density at radius 1 is 1.06 bits per heavy atom. The normalized spacial score (nSPS) is 10.4. The van der Waals surface area contributed by atoms with E-state index in [0.29, 0.717) is 6.42 Å². The number of aliphatic hydroxyl groups is 1. The van der Waals surface area contributed by atoms with Gasteiger partial charge in [-0.25, -0.2) is 0 Å². The van der Waals surface area contributed by atoms with Gasteiger partial charge in [0.15, 0.2) is 0 Å². The first kappa shape index (κ1) is 10.8. The molecule has 0 aliphatic rings. The van der Waals surface area contributed by atoms with Gasteiger partial charge in [-0.15, -0.1) is 0 Å². The van der Waals surface area contributed by atoms with Gasteiger partial charge in [-0.1, -0.05) is 30.3 Å². The summed E-state index contributed by atoms with van der Waals surface area (Å²) >= 11 is 0. The van der Waals surface area contributed by atoms with E-state index in [-0.39, 0.29) is 6.61 Å².